The Morgan fingerprint density at radius 2 is 1.69 bits per heavy atom. The molecule has 0 radical (unpaired) electrons. The highest BCUT2D eigenvalue weighted by atomic mass is 15.2. The summed E-state index contributed by atoms with van der Waals surface area (Å²) in [6.45, 7) is 4.19. The normalized spacial score (nSPS) is 11.5. The average Bonchev–Trinajstić information content (AvgIpc) is 3.04. The van der Waals surface area contributed by atoms with E-state index >= 15 is 0 Å². The molecule has 0 N–H and O–H groups in total. The fourth-order valence-electron chi connectivity index (χ4n) is 3.03. The third kappa shape index (κ3) is 3.02. The zero-order valence-corrected chi connectivity index (χ0v) is 14.9. The first-order valence-corrected chi connectivity index (χ1v) is 8.80. The Morgan fingerprint density at radius 1 is 0.923 bits per heavy atom. The van der Waals surface area contributed by atoms with Crippen LogP contribution in [0.5, 0.6) is 0 Å². The lowest BCUT2D eigenvalue weighted by Crippen LogP contribution is -1.84. The van der Waals surface area contributed by atoms with Crippen LogP contribution in [0.15, 0.2) is 83.2 Å². The first kappa shape index (κ1) is 16.2. The van der Waals surface area contributed by atoms with E-state index in [9.17, 15) is 0 Å². The zero-order chi connectivity index (χ0) is 17.9. The topological polar surface area (TPSA) is 42.0 Å². The van der Waals surface area contributed by atoms with Crippen molar-refractivity contribution in [2.24, 2.45) is 10.2 Å². The lowest BCUT2D eigenvalue weighted by Gasteiger charge is -2.02. The van der Waals surface area contributed by atoms with Gasteiger partial charge in [-0.25, -0.2) is 4.98 Å². The minimum Gasteiger partial charge on any atom is -0.283 e. The summed E-state index contributed by atoms with van der Waals surface area (Å²) in [7, 11) is 0. The fraction of sp³-hybridized carbons (Fsp3) is 0.136. The highest BCUT2D eigenvalue weighted by Crippen LogP contribution is 2.33. The summed E-state index contributed by atoms with van der Waals surface area (Å²) in [5, 5.41) is 9.15. The van der Waals surface area contributed by atoms with Gasteiger partial charge in [0, 0.05) is 11.8 Å². The van der Waals surface area contributed by atoms with Crippen LogP contribution < -0.4 is 0 Å². The molecule has 4 rings (SSSR count). The van der Waals surface area contributed by atoms with Crippen LogP contribution >= 0.6 is 0 Å². The third-order valence-corrected chi connectivity index (χ3v) is 4.43. The van der Waals surface area contributed by atoms with E-state index in [1.54, 1.807) is 0 Å². The van der Waals surface area contributed by atoms with Gasteiger partial charge in [-0.15, -0.1) is 10.2 Å². The summed E-state index contributed by atoms with van der Waals surface area (Å²) in [5.41, 5.74) is 6.00. The first-order chi connectivity index (χ1) is 12.8. The molecule has 4 aromatic rings. The van der Waals surface area contributed by atoms with Crippen LogP contribution in [-0.2, 0) is 6.42 Å². The van der Waals surface area contributed by atoms with Crippen molar-refractivity contribution >= 4 is 17.2 Å². The SMILES string of the molecule is CCc1ccccc1N=Nc1c(-c2ccccc2)nc2cc(C)ccn12. The van der Waals surface area contributed by atoms with Gasteiger partial charge in [-0.1, -0.05) is 55.5 Å². The molecule has 2 aromatic heterocycles. The Bertz CT molecular complexity index is 1080. The average molecular weight is 340 g/mol. The third-order valence-electron chi connectivity index (χ3n) is 4.43. The van der Waals surface area contributed by atoms with Crippen LogP contribution in [0.25, 0.3) is 16.9 Å². The maximum absolute atomic E-state index is 4.81. The highest BCUT2D eigenvalue weighted by molar-refractivity contribution is 5.74. The van der Waals surface area contributed by atoms with Gasteiger partial charge in [0.2, 0.25) is 0 Å². The number of azo groups is 1. The Labute approximate surface area is 152 Å². The van der Waals surface area contributed by atoms with Gasteiger partial charge < -0.3 is 0 Å². The molecule has 2 heterocycles. The maximum Gasteiger partial charge on any atom is 0.187 e. The molecular formula is C22H20N4. The predicted octanol–water partition coefficient (Wildman–Crippen LogP) is 6.29. The number of aryl methyl sites for hydroxylation is 2. The summed E-state index contributed by atoms with van der Waals surface area (Å²) < 4.78 is 1.99. The van der Waals surface area contributed by atoms with E-state index in [-0.39, 0.29) is 0 Å². The minimum atomic E-state index is 0.747. The molecule has 26 heavy (non-hydrogen) atoms. The second-order valence-electron chi connectivity index (χ2n) is 6.26. The van der Waals surface area contributed by atoms with Crippen LogP contribution in [0.1, 0.15) is 18.1 Å². The summed E-state index contributed by atoms with van der Waals surface area (Å²) in [6.07, 6.45) is 2.93. The molecule has 0 atom stereocenters. The Morgan fingerprint density at radius 3 is 2.50 bits per heavy atom. The van der Waals surface area contributed by atoms with Crippen molar-refractivity contribution in [1.29, 1.82) is 0 Å². The molecule has 0 amide bonds. The molecule has 0 spiro atoms. The van der Waals surface area contributed by atoms with Crippen LogP contribution in [-0.4, -0.2) is 9.38 Å². The minimum absolute atomic E-state index is 0.747. The molecule has 4 heteroatoms. The van der Waals surface area contributed by atoms with E-state index in [2.05, 4.69) is 42.3 Å². The quantitative estimate of drug-likeness (QED) is 0.403. The Hall–Kier alpha value is -3.27. The smallest absolute Gasteiger partial charge is 0.187 e. The number of benzene rings is 2. The van der Waals surface area contributed by atoms with E-state index < -0.39 is 0 Å². The van der Waals surface area contributed by atoms with Crippen molar-refractivity contribution < 1.29 is 0 Å². The molecule has 128 valence electrons. The summed E-state index contributed by atoms with van der Waals surface area (Å²) in [6, 6.07) is 22.4. The largest absolute Gasteiger partial charge is 0.283 e. The van der Waals surface area contributed by atoms with Crippen LogP contribution in [0, 0.1) is 6.92 Å². The number of hydrogen-bond donors (Lipinski definition) is 0. The van der Waals surface area contributed by atoms with Gasteiger partial charge in [0.05, 0.1) is 5.69 Å². The molecule has 4 nitrogen and oxygen atoms in total. The molecule has 0 aliphatic heterocycles. The maximum atomic E-state index is 4.81. The molecule has 0 saturated carbocycles. The van der Waals surface area contributed by atoms with Gasteiger partial charge in [0.25, 0.3) is 0 Å². The van der Waals surface area contributed by atoms with Gasteiger partial charge in [0.1, 0.15) is 11.3 Å². The fourth-order valence-corrected chi connectivity index (χ4v) is 3.03. The summed E-state index contributed by atoms with van der Waals surface area (Å²) in [4.78, 5) is 4.81. The highest BCUT2D eigenvalue weighted by Gasteiger charge is 2.14. The van der Waals surface area contributed by atoms with Gasteiger partial charge in [0.15, 0.2) is 5.82 Å². The molecule has 0 fully saturated rings. The van der Waals surface area contributed by atoms with Crippen LogP contribution in [0.3, 0.4) is 0 Å². The van der Waals surface area contributed by atoms with Crippen LogP contribution in [0.2, 0.25) is 0 Å². The Kier molecular flexibility index (Phi) is 4.32. The zero-order valence-electron chi connectivity index (χ0n) is 14.9. The number of pyridine rings is 1. The molecule has 0 aliphatic rings. The van der Waals surface area contributed by atoms with Gasteiger partial charge in [-0.3, -0.25) is 4.40 Å². The summed E-state index contributed by atoms with van der Waals surface area (Å²) >= 11 is 0. The monoisotopic (exact) mass is 340 g/mol. The summed E-state index contributed by atoms with van der Waals surface area (Å²) in [5.74, 6) is 0.747. The lowest BCUT2D eigenvalue weighted by atomic mass is 10.1. The number of rotatable bonds is 4. The van der Waals surface area contributed by atoms with Crippen molar-refractivity contribution in [3.05, 3.63) is 84.1 Å². The number of nitrogens with zero attached hydrogens (tertiary/aromatic N) is 4. The van der Waals surface area contributed by atoms with Crippen molar-refractivity contribution in [2.75, 3.05) is 0 Å². The molecular weight excluding hydrogens is 320 g/mol. The second-order valence-corrected chi connectivity index (χ2v) is 6.26. The number of aromatic nitrogens is 2. The molecule has 0 aliphatic carbocycles. The van der Waals surface area contributed by atoms with E-state index in [1.807, 2.05) is 59.1 Å². The van der Waals surface area contributed by atoms with E-state index in [0.717, 1.165) is 34.8 Å². The number of fused-ring (bicyclic) bond motifs is 1. The van der Waals surface area contributed by atoms with Crippen molar-refractivity contribution in [3.63, 3.8) is 0 Å². The van der Waals surface area contributed by atoms with E-state index in [0.29, 0.717) is 0 Å². The van der Waals surface area contributed by atoms with Crippen molar-refractivity contribution in [3.8, 4) is 11.3 Å². The predicted molar refractivity (Wildman–Crippen MR) is 105 cm³/mol. The van der Waals surface area contributed by atoms with E-state index in [1.165, 1.54) is 11.1 Å². The lowest BCUT2D eigenvalue weighted by molar-refractivity contribution is 1.07. The number of hydrogen-bond acceptors (Lipinski definition) is 3. The Balaban J connectivity index is 1.89. The standard InChI is InChI=1S/C22H20N4/c1-3-17-9-7-8-12-19(17)24-25-22-21(18-10-5-4-6-11-18)23-20-15-16(2)13-14-26(20)22/h4-15H,3H2,1-2H3. The van der Waals surface area contributed by atoms with Gasteiger partial charge in [-0.2, -0.15) is 0 Å². The van der Waals surface area contributed by atoms with Crippen molar-refractivity contribution in [2.45, 2.75) is 20.3 Å². The second kappa shape index (κ2) is 6.92. The van der Waals surface area contributed by atoms with Gasteiger partial charge in [-0.05, 0) is 42.7 Å². The van der Waals surface area contributed by atoms with Gasteiger partial charge >= 0.3 is 0 Å². The first-order valence-electron chi connectivity index (χ1n) is 8.80. The molecule has 0 saturated heterocycles. The van der Waals surface area contributed by atoms with E-state index in [4.69, 9.17) is 4.98 Å². The van der Waals surface area contributed by atoms with Crippen LogP contribution in [0.4, 0.5) is 11.5 Å². The van der Waals surface area contributed by atoms with Crippen molar-refractivity contribution in [1.82, 2.24) is 9.38 Å². The number of imidazole rings is 1. The molecule has 2 aromatic carbocycles. The molecule has 0 bridgehead atoms. The molecule has 0 unspecified atom stereocenters.